The van der Waals surface area contributed by atoms with E-state index in [4.69, 9.17) is 0 Å². The number of aromatic nitrogens is 3. The van der Waals surface area contributed by atoms with Crippen molar-refractivity contribution in [3.8, 4) is 0 Å². The summed E-state index contributed by atoms with van der Waals surface area (Å²) >= 11 is 0. The van der Waals surface area contributed by atoms with Crippen molar-refractivity contribution in [3.63, 3.8) is 0 Å². The van der Waals surface area contributed by atoms with Crippen LogP contribution in [0.15, 0.2) is 42.5 Å². The van der Waals surface area contributed by atoms with Gasteiger partial charge in [0.05, 0.1) is 4.92 Å². The average Bonchev–Trinajstić information content (AvgIpc) is 3.42. The Kier molecular flexibility index (Phi) is 4.64. The van der Waals surface area contributed by atoms with Crippen molar-refractivity contribution < 1.29 is 9.31 Å². The molecule has 28 heavy (non-hydrogen) atoms. The molecular formula is C19H19FN6O2. The molecule has 0 unspecified atom stereocenters. The standard InChI is InChI=1S/C19H19FN6O2/c1-11(12-4-6-14(20)7-5-12)21-17-9-8-16(26(27)28)19(22-17)23-18-10-15(24-25-18)13-2-3-13/h4-11,13H,2-3H2,1H3,(H3,21,22,23,24,25)/t11-/m0/s1. The van der Waals surface area contributed by atoms with Gasteiger partial charge in [-0.15, -0.1) is 0 Å². The van der Waals surface area contributed by atoms with Crippen LogP contribution in [-0.2, 0) is 0 Å². The SMILES string of the molecule is C[C@H](Nc1ccc([N+](=O)[O-])c(Nc2cc(C3CC3)[nH]n2)n1)c1ccc(F)cc1. The van der Waals surface area contributed by atoms with Gasteiger partial charge in [0, 0.05) is 29.8 Å². The first-order chi connectivity index (χ1) is 13.5. The van der Waals surface area contributed by atoms with Crippen LogP contribution in [0.3, 0.4) is 0 Å². The lowest BCUT2D eigenvalue weighted by Gasteiger charge is -2.15. The molecule has 1 fully saturated rings. The first-order valence-corrected chi connectivity index (χ1v) is 8.99. The van der Waals surface area contributed by atoms with E-state index in [2.05, 4.69) is 25.8 Å². The quantitative estimate of drug-likeness (QED) is 0.405. The summed E-state index contributed by atoms with van der Waals surface area (Å²) in [6.07, 6.45) is 2.25. The van der Waals surface area contributed by atoms with Crippen LogP contribution in [0.1, 0.15) is 43.0 Å². The molecule has 2 heterocycles. The Hall–Kier alpha value is -3.49. The highest BCUT2D eigenvalue weighted by Crippen LogP contribution is 2.40. The van der Waals surface area contributed by atoms with Crippen LogP contribution in [-0.4, -0.2) is 20.1 Å². The highest BCUT2D eigenvalue weighted by Gasteiger charge is 2.26. The number of hydrogen-bond donors (Lipinski definition) is 3. The molecule has 1 saturated carbocycles. The maximum atomic E-state index is 13.1. The molecule has 3 aromatic rings. The molecule has 0 bridgehead atoms. The second kappa shape index (κ2) is 7.26. The number of anilines is 3. The predicted molar refractivity (Wildman–Crippen MR) is 103 cm³/mol. The zero-order chi connectivity index (χ0) is 19.7. The van der Waals surface area contributed by atoms with E-state index in [0.717, 1.165) is 24.1 Å². The van der Waals surface area contributed by atoms with Crippen LogP contribution < -0.4 is 10.6 Å². The number of pyridine rings is 1. The molecule has 4 rings (SSSR count). The molecule has 3 N–H and O–H groups in total. The number of hydrogen-bond acceptors (Lipinski definition) is 6. The van der Waals surface area contributed by atoms with Crippen molar-refractivity contribution in [1.29, 1.82) is 0 Å². The van der Waals surface area contributed by atoms with Gasteiger partial charge in [0.25, 0.3) is 0 Å². The number of H-pyrrole nitrogens is 1. The number of rotatable bonds is 7. The molecular weight excluding hydrogens is 363 g/mol. The summed E-state index contributed by atoms with van der Waals surface area (Å²) in [4.78, 5) is 15.2. The molecule has 1 aromatic carbocycles. The van der Waals surface area contributed by atoms with Gasteiger partial charge in [-0.1, -0.05) is 12.1 Å². The van der Waals surface area contributed by atoms with E-state index >= 15 is 0 Å². The van der Waals surface area contributed by atoms with Crippen molar-refractivity contribution in [3.05, 3.63) is 69.7 Å². The highest BCUT2D eigenvalue weighted by molar-refractivity contribution is 5.66. The smallest absolute Gasteiger partial charge is 0.311 e. The van der Waals surface area contributed by atoms with Gasteiger partial charge >= 0.3 is 5.69 Å². The van der Waals surface area contributed by atoms with Gasteiger partial charge in [0.1, 0.15) is 11.6 Å². The van der Waals surface area contributed by atoms with Crippen LogP contribution in [0.2, 0.25) is 0 Å². The normalized spacial score (nSPS) is 14.5. The molecule has 0 radical (unpaired) electrons. The topological polar surface area (TPSA) is 109 Å². The molecule has 0 spiro atoms. The summed E-state index contributed by atoms with van der Waals surface area (Å²) in [5, 5.41) is 24.6. The van der Waals surface area contributed by atoms with E-state index in [1.165, 1.54) is 18.2 Å². The van der Waals surface area contributed by atoms with E-state index in [1.807, 2.05) is 13.0 Å². The number of nitro groups is 1. The first-order valence-electron chi connectivity index (χ1n) is 8.99. The van der Waals surface area contributed by atoms with E-state index in [-0.39, 0.29) is 23.4 Å². The molecule has 1 aliphatic rings. The summed E-state index contributed by atoms with van der Waals surface area (Å²) in [6.45, 7) is 1.90. The molecule has 2 aromatic heterocycles. The number of benzene rings is 1. The summed E-state index contributed by atoms with van der Waals surface area (Å²) in [6, 6.07) is 10.8. The van der Waals surface area contributed by atoms with Crippen LogP contribution in [0.5, 0.6) is 0 Å². The molecule has 0 amide bonds. The minimum absolute atomic E-state index is 0.107. The Morgan fingerprint density at radius 2 is 1.96 bits per heavy atom. The molecule has 9 heteroatoms. The second-order valence-electron chi connectivity index (χ2n) is 6.85. The van der Waals surface area contributed by atoms with Gasteiger partial charge < -0.3 is 10.6 Å². The Bertz CT molecular complexity index is 1000. The van der Waals surface area contributed by atoms with Gasteiger partial charge in [-0.3, -0.25) is 15.2 Å². The molecule has 0 aliphatic heterocycles. The Labute approximate surface area is 160 Å². The minimum Gasteiger partial charge on any atom is -0.363 e. The predicted octanol–water partition coefficient (Wildman–Crippen LogP) is 4.65. The molecule has 8 nitrogen and oxygen atoms in total. The molecule has 1 atom stereocenters. The average molecular weight is 382 g/mol. The number of nitrogens with zero attached hydrogens (tertiary/aromatic N) is 3. The van der Waals surface area contributed by atoms with E-state index in [9.17, 15) is 14.5 Å². The van der Waals surface area contributed by atoms with Crippen LogP contribution in [0.25, 0.3) is 0 Å². The Balaban J connectivity index is 1.55. The van der Waals surface area contributed by atoms with Gasteiger partial charge in [0.15, 0.2) is 5.82 Å². The van der Waals surface area contributed by atoms with E-state index < -0.39 is 4.92 Å². The zero-order valence-electron chi connectivity index (χ0n) is 15.1. The van der Waals surface area contributed by atoms with Crippen molar-refractivity contribution in [2.24, 2.45) is 0 Å². The van der Waals surface area contributed by atoms with Crippen LogP contribution >= 0.6 is 0 Å². The minimum atomic E-state index is -0.489. The summed E-state index contributed by atoms with van der Waals surface area (Å²) in [5.41, 5.74) is 1.75. The van der Waals surface area contributed by atoms with Crippen LogP contribution in [0, 0.1) is 15.9 Å². The summed E-state index contributed by atoms with van der Waals surface area (Å²) < 4.78 is 13.1. The summed E-state index contributed by atoms with van der Waals surface area (Å²) in [7, 11) is 0. The Morgan fingerprint density at radius 3 is 2.64 bits per heavy atom. The highest BCUT2D eigenvalue weighted by atomic mass is 19.1. The zero-order valence-corrected chi connectivity index (χ0v) is 15.1. The molecule has 1 aliphatic carbocycles. The monoisotopic (exact) mass is 382 g/mol. The van der Waals surface area contributed by atoms with Crippen molar-refractivity contribution in [2.75, 3.05) is 10.6 Å². The number of halogens is 1. The van der Waals surface area contributed by atoms with Gasteiger partial charge in [-0.05, 0) is 43.5 Å². The third kappa shape index (κ3) is 3.93. The van der Waals surface area contributed by atoms with Crippen molar-refractivity contribution >= 4 is 23.1 Å². The maximum absolute atomic E-state index is 13.1. The second-order valence-corrected chi connectivity index (χ2v) is 6.85. The van der Waals surface area contributed by atoms with Gasteiger partial charge in [-0.2, -0.15) is 5.10 Å². The largest absolute Gasteiger partial charge is 0.363 e. The number of aromatic amines is 1. The van der Waals surface area contributed by atoms with Crippen molar-refractivity contribution in [1.82, 2.24) is 15.2 Å². The van der Waals surface area contributed by atoms with Gasteiger partial charge in [-0.25, -0.2) is 9.37 Å². The molecule has 144 valence electrons. The van der Waals surface area contributed by atoms with E-state index in [1.54, 1.807) is 18.2 Å². The fourth-order valence-electron chi connectivity index (χ4n) is 2.95. The lowest BCUT2D eigenvalue weighted by atomic mass is 10.1. The fraction of sp³-hybridized carbons (Fsp3) is 0.263. The lowest BCUT2D eigenvalue weighted by Crippen LogP contribution is -2.09. The van der Waals surface area contributed by atoms with Gasteiger partial charge in [0.2, 0.25) is 5.82 Å². The molecule has 0 saturated heterocycles. The third-order valence-electron chi connectivity index (χ3n) is 4.67. The number of nitrogens with one attached hydrogen (secondary N) is 3. The maximum Gasteiger partial charge on any atom is 0.311 e. The van der Waals surface area contributed by atoms with Crippen molar-refractivity contribution in [2.45, 2.75) is 31.7 Å². The third-order valence-corrected chi connectivity index (χ3v) is 4.67. The lowest BCUT2D eigenvalue weighted by molar-refractivity contribution is -0.384. The van der Waals surface area contributed by atoms with Crippen LogP contribution in [0.4, 0.5) is 27.5 Å². The summed E-state index contributed by atoms with van der Waals surface area (Å²) in [5.74, 6) is 1.25. The first kappa shape index (κ1) is 17.9. The Morgan fingerprint density at radius 1 is 1.21 bits per heavy atom. The fourth-order valence-corrected chi connectivity index (χ4v) is 2.95. The van der Waals surface area contributed by atoms with E-state index in [0.29, 0.717) is 17.6 Å².